The summed E-state index contributed by atoms with van der Waals surface area (Å²) in [5.41, 5.74) is 1.15. The number of carbonyl (C=O) groups excluding carboxylic acids is 1. The highest BCUT2D eigenvalue weighted by Crippen LogP contribution is 2.29. The molecule has 1 aliphatic rings. The Bertz CT molecular complexity index is 638. The molecule has 1 heterocycles. The molecule has 3 heteroatoms. The molecule has 0 radical (unpaired) electrons. The highest BCUT2D eigenvalue weighted by atomic mass is 16.3. The summed E-state index contributed by atoms with van der Waals surface area (Å²) in [5, 5.41) is 11.6. The molecule has 2 atom stereocenters. The zero-order valence-electron chi connectivity index (χ0n) is 11.6. The van der Waals surface area contributed by atoms with Gasteiger partial charge in [-0.3, -0.25) is 4.79 Å². The molecule has 1 saturated heterocycles. The SMILES string of the molecule is CC(c1ccc2ccccc2c1)N1CC(CO)CC1=O. The number of fused-ring (bicyclic) bond motifs is 1. The average Bonchev–Trinajstić information content (AvgIpc) is 2.87. The van der Waals surface area contributed by atoms with Crippen molar-refractivity contribution in [3.63, 3.8) is 0 Å². The molecule has 1 N–H and O–H groups in total. The standard InChI is InChI=1S/C17H19NO2/c1-12(18-10-13(11-19)8-17(18)20)15-7-6-14-4-2-3-5-16(14)9-15/h2-7,9,12-13,19H,8,10-11H2,1H3. The topological polar surface area (TPSA) is 40.5 Å². The maximum absolute atomic E-state index is 12.0. The van der Waals surface area contributed by atoms with Crippen LogP contribution < -0.4 is 0 Å². The second kappa shape index (κ2) is 5.25. The predicted molar refractivity (Wildman–Crippen MR) is 79.3 cm³/mol. The van der Waals surface area contributed by atoms with Crippen LogP contribution >= 0.6 is 0 Å². The highest BCUT2D eigenvalue weighted by Gasteiger charge is 2.32. The Kier molecular flexibility index (Phi) is 3.45. The van der Waals surface area contributed by atoms with E-state index in [-0.39, 0.29) is 24.5 Å². The van der Waals surface area contributed by atoms with Crippen LogP contribution in [0.4, 0.5) is 0 Å². The van der Waals surface area contributed by atoms with E-state index in [0.29, 0.717) is 13.0 Å². The Hall–Kier alpha value is -1.87. The van der Waals surface area contributed by atoms with Crippen molar-refractivity contribution in [2.75, 3.05) is 13.2 Å². The van der Waals surface area contributed by atoms with Crippen molar-refractivity contribution in [3.05, 3.63) is 48.0 Å². The fraction of sp³-hybridized carbons (Fsp3) is 0.353. The molecule has 3 rings (SSSR count). The van der Waals surface area contributed by atoms with Crippen molar-refractivity contribution >= 4 is 16.7 Å². The zero-order chi connectivity index (χ0) is 14.1. The van der Waals surface area contributed by atoms with Gasteiger partial charge in [0.05, 0.1) is 6.04 Å². The van der Waals surface area contributed by atoms with Crippen LogP contribution in [0.1, 0.15) is 24.9 Å². The normalized spacial score (nSPS) is 20.6. The van der Waals surface area contributed by atoms with Crippen molar-refractivity contribution in [2.45, 2.75) is 19.4 Å². The third-order valence-corrected chi connectivity index (χ3v) is 4.22. The largest absolute Gasteiger partial charge is 0.396 e. The third kappa shape index (κ3) is 2.29. The summed E-state index contributed by atoms with van der Waals surface area (Å²) in [4.78, 5) is 13.9. The lowest BCUT2D eigenvalue weighted by Gasteiger charge is -2.25. The lowest BCUT2D eigenvalue weighted by Crippen LogP contribution is -2.28. The molecule has 2 aromatic rings. The molecular weight excluding hydrogens is 250 g/mol. The van der Waals surface area contributed by atoms with Crippen LogP contribution in [0.25, 0.3) is 10.8 Å². The van der Waals surface area contributed by atoms with Crippen molar-refractivity contribution in [3.8, 4) is 0 Å². The van der Waals surface area contributed by atoms with E-state index in [1.807, 2.05) is 17.0 Å². The van der Waals surface area contributed by atoms with E-state index >= 15 is 0 Å². The number of rotatable bonds is 3. The van der Waals surface area contributed by atoms with E-state index in [9.17, 15) is 9.90 Å². The number of nitrogens with zero attached hydrogens (tertiary/aromatic N) is 1. The number of benzene rings is 2. The van der Waals surface area contributed by atoms with Gasteiger partial charge in [-0.15, -0.1) is 0 Å². The van der Waals surface area contributed by atoms with Gasteiger partial charge in [0.15, 0.2) is 0 Å². The number of hydrogen-bond acceptors (Lipinski definition) is 2. The fourth-order valence-corrected chi connectivity index (χ4v) is 2.95. The Labute approximate surface area is 118 Å². The maximum atomic E-state index is 12.0. The number of aliphatic hydroxyl groups is 1. The monoisotopic (exact) mass is 269 g/mol. The summed E-state index contributed by atoms with van der Waals surface area (Å²) in [5.74, 6) is 0.232. The van der Waals surface area contributed by atoms with Crippen LogP contribution in [-0.2, 0) is 4.79 Å². The number of aliphatic hydroxyl groups excluding tert-OH is 1. The van der Waals surface area contributed by atoms with Crippen LogP contribution in [0.3, 0.4) is 0 Å². The first-order chi connectivity index (χ1) is 9.69. The second-order valence-electron chi connectivity index (χ2n) is 5.58. The van der Waals surface area contributed by atoms with Gasteiger partial charge >= 0.3 is 0 Å². The Morgan fingerprint density at radius 2 is 2.00 bits per heavy atom. The smallest absolute Gasteiger partial charge is 0.223 e. The number of carbonyl (C=O) groups is 1. The van der Waals surface area contributed by atoms with E-state index < -0.39 is 0 Å². The number of amides is 1. The molecule has 1 amide bonds. The summed E-state index contributed by atoms with van der Waals surface area (Å²) in [7, 11) is 0. The lowest BCUT2D eigenvalue weighted by molar-refractivity contribution is -0.129. The predicted octanol–water partition coefficient (Wildman–Crippen LogP) is 2.74. The first-order valence-corrected chi connectivity index (χ1v) is 7.08. The molecular formula is C17H19NO2. The highest BCUT2D eigenvalue weighted by molar-refractivity contribution is 5.83. The molecule has 2 unspecified atom stereocenters. The Morgan fingerprint density at radius 1 is 1.25 bits per heavy atom. The van der Waals surface area contributed by atoms with Gasteiger partial charge in [-0.1, -0.05) is 36.4 Å². The molecule has 1 fully saturated rings. The van der Waals surface area contributed by atoms with Gasteiger partial charge in [0.1, 0.15) is 0 Å². The van der Waals surface area contributed by atoms with Gasteiger partial charge < -0.3 is 10.0 Å². The van der Waals surface area contributed by atoms with E-state index in [1.54, 1.807) is 0 Å². The molecule has 0 saturated carbocycles. The average molecular weight is 269 g/mol. The lowest BCUT2D eigenvalue weighted by atomic mass is 10.0. The minimum absolute atomic E-state index is 0.0589. The fourth-order valence-electron chi connectivity index (χ4n) is 2.95. The third-order valence-electron chi connectivity index (χ3n) is 4.22. The summed E-state index contributed by atoms with van der Waals surface area (Å²) in [6, 6.07) is 14.6. The molecule has 0 aromatic heterocycles. The molecule has 2 aromatic carbocycles. The first-order valence-electron chi connectivity index (χ1n) is 7.08. The van der Waals surface area contributed by atoms with E-state index in [4.69, 9.17) is 0 Å². The van der Waals surface area contributed by atoms with E-state index in [2.05, 4.69) is 37.3 Å². The van der Waals surface area contributed by atoms with Crippen molar-refractivity contribution in [1.29, 1.82) is 0 Å². The summed E-state index contributed by atoms with van der Waals surface area (Å²) in [6.07, 6.45) is 0.467. The van der Waals surface area contributed by atoms with Crippen LogP contribution in [0.2, 0.25) is 0 Å². The number of likely N-dealkylation sites (tertiary alicyclic amines) is 1. The quantitative estimate of drug-likeness (QED) is 0.930. The van der Waals surface area contributed by atoms with Crippen molar-refractivity contribution < 1.29 is 9.90 Å². The Morgan fingerprint density at radius 3 is 2.70 bits per heavy atom. The van der Waals surface area contributed by atoms with Gasteiger partial charge in [0.2, 0.25) is 5.91 Å². The van der Waals surface area contributed by atoms with E-state index in [1.165, 1.54) is 10.8 Å². The molecule has 20 heavy (non-hydrogen) atoms. The van der Waals surface area contributed by atoms with Gasteiger partial charge in [0, 0.05) is 25.5 Å². The molecule has 1 aliphatic heterocycles. The van der Waals surface area contributed by atoms with Gasteiger partial charge in [0.25, 0.3) is 0 Å². The summed E-state index contributed by atoms with van der Waals surface area (Å²) < 4.78 is 0. The van der Waals surface area contributed by atoms with Gasteiger partial charge in [-0.2, -0.15) is 0 Å². The first kappa shape index (κ1) is 13.1. The Balaban J connectivity index is 1.88. The molecule has 3 nitrogen and oxygen atoms in total. The molecule has 0 aliphatic carbocycles. The molecule has 0 spiro atoms. The number of hydrogen-bond donors (Lipinski definition) is 1. The van der Waals surface area contributed by atoms with Gasteiger partial charge in [-0.05, 0) is 29.3 Å². The minimum Gasteiger partial charge on any atom is -0.396 e. The molecule has 104 valence electrons. The zero-order valence-corrected chi connectivity index (χ0v) is 11.6. The van der Waals surface area contributed by atoms with Crippen LogP contribution in [0.15, 0.2) is 42.5 Å². The summed E-state index contributed by atoms with van der Waals surface area (Å²) >= 11 is 0. The minimum atomic E-state index is 0.0589. The molecule has 0 bridgehead atoms. The van der Waals surface area contributed by atoms with Crippen LogP contribution in [0, 0.1) is 5.92 Å². The van der Waals surface area contributed by atoms with Crippen molar-refractivity contribution in [1.82, 2.24) is 4.90 Å². The van der Waals surface area contributed by atoms with Crippen LogP contribution in [0.5, 0.6) is 0 Å². The van der Waals surface area contributed by atoms with Crippen molar-refractivity contribution in [2.24, 2.45) is 5.92 Å². The van der Waals surface area contributed by atoms with E-state index in [0.717, 1.165) is 5.56 Å². The van der Waals surface area contributed by atoms with Crippen LogP contribution in [-0.4, -0.2) is 29.1 Å². The summed E-state index contributed by atoms with van der Waals surface area (Å²) in [6.45, 7) is 2.80. The maximum Gasteiger partial charge on any atom is 0.223 e. The second-order valence-corrected chi connectivity index (χ2v) is 5.58. The van der Waals surface area contributed by atoms with Gasteiger partial charge in [-0.25, -0.2) is 0 Å².